The highest BCUT2D eigenvalue weighted by molar-refractivity contribution is 5.78. The van der Waals surface area contributed by atoms with E-state index < -0.39 is 0 Å². The quantitative estimate of drug-likeness (QED) is 0.837. The zero-order valence-corrected chi connectivity index (χ0v) is 13.1. The first-order valence-electron chi connectivity index (χ1n) is 7.83. The van der Waals surface area contributed by atoms with Crippen molar-refractivity contribution in [2.75, 3.05) is 26.7 Å². The molecule has 0 radical (unpaired) electrons. The van der Waals surface area contributed by atoms with E-state index in [4.69, 9.17) is 4.74 Å². The first kappa shape index (κ1) is 15.8. The topological polar surface area (TPSA) is 41.6 Å². The van der Waals surface area contributed by atoms with Gasteiger partial charge in [-0.25, -0.2) is 0 Å². The van der Waals surface area contributed by atoms with Crippen molar-refractivity contribution in [1.82, 2.24) is 10.2 Å². The highest BCUT2D eigenvalue weighted by atomic mass is 16.5. The van der Waals surface area contributed by atoms with Gasteiger partial charge in [-0.15, -0.1) is 0 Å². The Kier molecular flexibility index (Phi) is 6.05. The molecule has 1 saturated heterocycles. The van der Waals surface area contributed by atoms with Crippen molar-refractivity contribution in [2.45, 2.75) is 38.6 Å². The van der Waals surface area contributed by atoms with E-state index in [9.17, 15) is 4.79 Å². The number of carbonyl (C=O) groups excluding carboxylic acids is 1. The lowest BCUT2D eigenvalue weighted by molar-refractivity contribution is -0.129. The normalized spacial score (nSPS) is 16.0. The van der Waals surface area contributed by atoms with Crippen LogP contribution in [-0.4, -0.2) is 43.6 Å². The molecule has 1 fully saturated rings. The first-order chi connectivity index (χ1) is 10.2. The molecule has 0 bridgehead atoms. The summed E-state index contributed by atoms with van der Waals surface area (Å²) in [4.78, 5) is 13.9. The molecule has 2 rings (SSSR count). The van der Waals surface area contributed by atoms with Gasteiger partial charge in [0, 0.05) is 19.1 Å². The lowest BCUT2D eigenvalue weighted by atomic mass is 10.1. The van der Waals surface area contributed by atoms with Crippen LogP contribution in [0.1, 0.15) is 31.7 Å². The Morgan fingerprint density at radius 3 is 2.57 bits per heavy atom. The number of ether oxygens (including phenoxy) is 1. The summed E-state index contributed by atoms with van der Waals surface area (Å²) in [6.07, 6.45) is 4.34. The van der Waals surface area contributed by atoms with Crippen molar-refractivity contribution in [3.05, 3.63) is 29.8 Å². The minimum absolute atomic E-state index is 0.240. The first-order valence-corrected chi connectivity index (χ1v) is 7.83. The van der Waals surface area contributed by atoms with Gasteiger partial charge in [0.2, 0.25) is 5.91 Å². The molecule has 1 aliphatic heterocycles. The molecule has 0 spiro atoms. The van der Waals surface area contributed by atoms with Crippen LogP contribution in [0.4, 0.5) is 0 Å². The van der Waals surface area contributed by atoms with Crippen LogP contribution in [-0.2, 0) is 11.2 Å². The maximum Gasteiger partial charge on any atom is 0.236 e. The third-order valence-corrected chi connectivity index (χ3v) is 4.09. The average molecular weight is 290 g/mol. The fourth-order valence-corrected chi connectivity index (χ4v) is 2.62. The summed E-state index contributed by atoms with van der Waals surface area (Å²) >= 11 is 0. The van der Waals surface area contributed by atoms with Gasteiger partial charge in [0.15, 0.2) is 0 Å². The molecule has 1 amide bonds. The molecule has 1 aliphatic rings. The van der Waals surface area contributed by atoms with Gasteiger partial charge in [-0.1, -0.05) is 12.1 Å². The van der Waals surface area contributed by atoms with Crippen LogP contribution in [0.5, 0.6) is 5.75 Å². The lowest BCUT2D eigenvalue weighted by Gasteiger charge is -2.18. The van der Waals surface area contributed by atoms with Gasteiger partial charge in [0.05, 0.1) is 13.7 Å². The molecule has 0 aromatic heterocycles. The molecule has 1 aromatic carbocycles. The number of hydrogen-bond acceptors (Lipinski definition) is 3. The second kappa shape index (κ2) is 8.03. The standard InChI is InChI=1S/C17H26N2O2/c1-14(18-13-17(20)19-11-3-4-12-19)5-6-15-7-9-16(21-2)10-8-15/h7-10,14,18H,3-6,11-13H2,1-2H3. The van der Waals surface area contributed by atoms with Gasteiger partial charge in [0.1, 0.15) is 5.75 Å². The number of rotatable bonds is 7. The highest BCUT2D eigenvalue weighted by Crippen LogP contribution is 2.13. The smallest absolute Gasteiger partial charge is 0.236 e. The van der Waals surface area contributed by atoms with Crippen molar-refractivity contribution in [3.8, 4) is 5.75 Å². The Morgan fingerprint density at radius 2 is 1.95 bits per heavy atom. The van der Waals surface area contributed by atoms with Crippen molar-refractivity contribution in [1.29, 1.82) is 0 Å². The Bertz CT molecular complexity index is 439. The Labute approximate surface area is 127 Å². The molecule has 4 heteroatoms. The summed E-state index contributed by atoms with van der Waals surface area (Å²) in [5.41, 5.74) is 1.30. The summed E-state index contributed by atoms with van der Waals surface area (Å²) in [7, 11) is 1.68. The molecule has 116 valence electrons. The van der Waals surface area contributed by atoms with Crippen LogP contribution in [0, 0.1) is 0 Å². The Balaban J connectivity index is 1.66. The van der Waals surface area contributed by atoms with E-state index in [-0.39, 0.29) is 5.91 Å². The number of aryl methyl sites for hydroxylation is 1. The van der Waals surface area contributed by atoms with Gasteiger partial charge >= 0.3 is 0 Å². The molecule has 1 atom stereocenters. The molecular formula is C17H26N2O2. The molecule has 0 saturated carbocycles. The minimum Gasteiger partial charge on any atom is -0.497 e. The van der Waals surface area contributed by atoms with Crippen LogP contribution in [0.2, 0.25) is 0 Å². The van der Waals surface area contributed by atoms with E-state index >= 15 is 0 Å². The van der Waals surface area contributed by atoms with Gasteiger partial charge in [-0.05, 0) is 50.3 Å². The van der Waals surface area contributed by atoms with Crippen LogP contribution in [0.3, 0.4) is 0 Å². The predicted octanol–water partition coefficient (Wildman–Crippen LogP) is 2.23. The van der Waals surface area contributed by atoms with E-state index in [0.29, 0.717) is 12.6 Å². The zero-order valence-electron chi connectivity index (χ0n) is 13.1. The van der Waals surface area contributed by atoms with E-state index in [1.807, 2.05) is 17.0 Å². The summed E-state index contributed by atoms with van der Waals surface area (Å²) < 4.78 is 5.15. The van der Waals surface area contributed by atoms with Crippen LogP contribution in [0.25, 0.3) is 0 Å². The van der Waals surface area contributed by atoms with Crippen LogP contribution >= 0.6 is 0 Å². The monoisotopic (exact) mass is 290 g/mol. The van der Waals surface area contributed by atoms with E-state index in [1.165, 1.54) is 5.56 Å². The number of carbonyl (C=O) groups is 1. The molecule has 1 N–H and O–H groups in total. The van der Waals surface area contributed by atoms with Gasteiger partial charge in [-0.2, -0.15) is 0 Å². The van der Waals surface area contributed by atoms with Crippen LogP contribution < -0.4 is 10.1 Å². The molecule has 0 aliphatic carbocycles. The molecule has 1 heterocycles. The zero-order chi connectivity index (χ0) is 15.1. The Morgan fingerprint density at radius 1 is 1.29 bits per heavy atom. The van der Waals surface area contributed by atoms with Crippen molar-refractivity contribution < 1.29 is 9.53 Å². The molecular weight excluding hydrogens is 264 g/mol. The third kappa shape index (κ3) is 5.05. The molecule has 1 aromatic rings. The van der Waals surface area contributed by atoms with Gasteiger partial charge in [0.25, 0.3) is 0 Å². The number of nitrogens with zero attached hydrogens (tertiary/aromatic N) is 1. The molecule has 21 heavy (non-hydrogen) atoms. The highest BCUT2D eigenvalue weighted by Gasteiger charge is 2.17. The second-order valence-corrected chi connectivity index (χ2v) is 5.76. The fraction of sp³-hybridized carbons (Fsp3) is 0.588. The Hall–Kier alpha value is -1.55. The van der Waals surface area contributed by atoms with E-state index in [2.05, 4.69) is 24.4 Å². The number of methoxy groups -OCH3 is 1. The second-order valence-electron chi connectivity index (χ2n) is 5.76. The van der Waals surface area contributed by atoms with Crippen molar-refractivity contribution >= 4 is 5.91 Å². The van der Waals surface area contributed by atoms with E-state index in [0.717, 1.165) is 44.5 Å². The maximum atomic E-state index is 11.9. The van der Waals surface area contributed by atoms with Crippen LogP contribution in [0.15, 0.2) is 24.3 Å². The number of benzene rings is 1. The van der Waals surface area contributed by atoms with Gasteiger partial charge < -0.3 is 15.0 Å². The average Bonchev–Trinajstić information content (AvgIpc) is 3.05. The number of likely N-dealkylation sites (tertiary alicyclic amines) is 1. The molecule has 4 nitrogen and oxygen atoms in total. The maximum absolute atomic E-state index is 11.9. The summed E-state index contributed by atoms with van der Waals surface area (Å²) in [5, 5.41) is 3.34. The predicted molar refractivity (Wildman–Crippen MR) is 84.6 cm³/mol. The molecule has 1 unspecified atom stereocenters. The summed E-state index contributed by atoms with van der Waals surface area (Å²) in [6, 6.07) is 8.52. The lowest BCUT2D eigenvalue weighted by Crippen LogP contribution is -2.39. The van der Waals surface area contributed by atoms with Gasteiger partial charge in [-0.3, -0.25) is 4.79 Å². The third-order valence-electron chi connectivity index (χ3n) is 4.09. The number of hydrogen-bond donors (Lipinski definition) is 1. The summed E-state index contributed by atoms with van der Waals surface area (Å²) in [6.45, 7) is 4.46. The SMILES string of the molecule is COc1ccc(CCC(C)NCC(=O)N2CCCC2)cc1. The number of nitrogens with one attached hydrogen (secondary N) is 1. The van der Waals surface area contributed by atoms with Crippen molar-refractivity contribution in [3.63, 3.8) is 0 Å². The number of amides is 1. The van der Waals surface area contributed by atoms with Crippen molar-refractivity contribution in [2.24, 2.45) is 0 Å². The minimum atomic E-state index is 0.240. The summed E-state index contributed by atoms with van der Waals surface area (Å²) in [5.74, 6) is 1.13. The fourth-order valence-electron chi connectivity index (χ4n) is 2.62. The largest absolute Gasteiger partial charge is 0.497 e. The van der Waals surface area contributed by atoms with E-state index in [1.54, 1.807) is 7.11 Å².